The summed E-state index contributed by atoms with van der Waals surface area (Å²) >= 11 is 0. The number of imidazole rings is 1. The van der Waals surface area contributed by atoms with Crippen LogP contribution in [0.15, 0.2) is 72.8 Å². The first-order chi connectivity index (χ1) is 17.6. The zero-order valence-electron chi connectivity index (χ0n) is 18.7. The highest BCUT2D eigenvalue weighted by molar-refractivity contribution is 6.01. The van der Waals surface area contributed by atoms with Gasteiger partial charge in [0.05, 0.1) is 17.6 Å². The molecule has 0 aliphatic carbocycles. The summed E-state index contributed by atoms with van der Waals surface area (Å²) in [6.45, 7) is -0.174. The molecule has 9 nitrogen and oxygen atoms in total. The van der Waals surface area contributed by atoms with Crippen molar-refractivity contribution in [2.24, 2.45) is 0 Å². The molecular formula is C25H17F3N4O5. The highest BCUT2D eigenvalue weighted by atomic mass is 19.4. The molecule has 37 heavy (non-hydrogen) atoms. The SMILES string of the molecule is O=C(O)Nc1nc2ccc(C3(OC(=O)C(F)(F)F)c4ccccc4C(=O)N3Cc3ccccc3)cc2[nH]1. The normalized spacial score (nSPS) is 17.1. The molecule has 0 spiro atoms. The van der Waals surface area contributed by atoms with E-state index in [2.05, 4.69) is 15.3 Å². The summed E-state index contributed by atoms with van der Waals surface area (Å²) in [6, 6.07) is 18.7. The molecule has 5 rings (SSSR count). The van der Waals surface area contributed by atoms with E-state index in [1.807, 2.05) is 0 Å². The van der Waals surface area contributed by atoms with Gasteiger partial charge in [-0.3, -0.25) is 15.0 Å². The van der Waals surface area contributed by atoms with Gasteiger partial charge in [-0.25, -0.2) is 14.6 Å². The van der Waals surface area contributed by atoms with Gasteiger partial charge in [0.1, 0.15) is 0 Å². The number of H-pyrrole nitrogens is 1. The van der Waals surface area contributed by atoms with Gasteiger partial charge in [-0.1, -0.05) is 54.6 Å². The number of rotatable bonds is 5. The molecule has 1 aliphatic heterocycles. The highest BCUT2D eigenvalue weighted by Gasteiger charge is 2.57. The number of aromatic nitrogens is 2. The molecule has 0 saturated carbocycles. The molecule has 1 aromatic heterocycles. The van der Waals surface area contributed by atoms with Gasteiger partial charge in [-0.05, 0) is 23.8 Å². The number of anilines is 1. The maximum absolute atomic E-state index is 13.6. The molecular weight excluding hydrogens is 493 g/mol. The first-order valence-electron chi connectivity index (χ1n) is 10.9. The predicted molar refractivity (Wildman–Crippen MR) is 123 cm³/mol. The van der Waals surface area contributed by atoms with E-state index in [0.29, 0.717) is 5.56 Å². The molecule has 4 aromatic rings. The number of carbonyl (C=O) groups is 3. The smallest absolute Gasteiger partial charge is 0.465 e. The Bertz CT molecular complexity index is 1540. The molecule has 1 atom stereocenters. The lowest BCUT2D eigenvalue weighted by Gasteiger charge is -2.39. The summed E-state index contributed by atoms with van der Waals surface area (Å²) in [7, 11) is 0. The number of esters is 1. The molecule has 3 aromatic carbocycles. The monoisotopic (exact) mass is 510 g/mol. The number of aromatic amines is 1. The number of carbonyl (C=O) groups excluding carboxylic acids is 2. The topological polar surface area (TPSA) is 125 Å². The van der Waals surface area contributed by atoms with E-state index in [0.717, 1.165) is 4.90 Å². The van der Waals surface area contributed by atoms with Crippen LogP contribution >= 0.6 is 0 Å². The summed E-state index contributed by atoms with van der Waals surface area (Å²) in [5, 5.41) is 11.0. The summed E-state index contributed by atoms with van der Waals surface area (Å²) in [6.07, 6.45) is -6.72. The summed E-state index contributed by atoms with van der Waals surface area (Å²) in [5.41, 5.74) is -1.01. The van der Waals surface area contributed by atoms with Crippen LogP contribution in [-0.4, -0.2) is 44.1 Å². The molecule has 0 saturated heterocycles. The Hall–Kier alpha value is -4.87. The van der Waals surface area contributed by atoms with Gasteiger partial charge in [0.25, 0.3) is 5.91 Å². The number of alkyl halides is 3. The predicted octanol–water partition coefficient (Wildman–Crippen LogP) is 4.62. The second-order valence-electron chi connectivity index (χ2n) is 8.20. The Kier molecular flexibility index (Phi) is 5.58. The van der Waals surface area contributed by atoms with Crippen molar-refractivity contribution in [2.45, 2.75) is 18.4 Å². The van der Waals surface area contributed by atoms with E-state index < -0.39 is 29.9 Å². The minimum Gasteiger partial charge on any atom is -0.465 e. The van der Waals surface area contributed by atoms with Crippen molar-refractivity contribution in [3.63, 3.8) is 0 Å². The van der Waals surface area contributed by atoms with Crippen molar-refractivity contribution < 1.29 is 37.4 Å². The third-order valence-corrected chi connectivity index (χ3v) is 5.90. The first-order valence-corrected chi connectivity index (χ1v) is 10.9. The zero-order valence-corrected chi connectivity index (χ0v) is 18.7. The van der Waals surface area contributed by atoms with Crippen molar-refractivity contribution >= 4 is 35.0 Å². The van der Waals surface area contributed by atoms with Crippen LogP contribution in [0.1, 0.15) is 27.0 Å². The molecule has 0 fully saturated rings. The molecule has 2 heterocycles. The van der Waals surface area contributed by atoms with Gasteiger partial charge in [0.2, 0.25) is 11.7 Å². The van der Waals surface area contributed by atoms with E-state index in [1.165, 1.54) is 36.4 Å². The van der Waals surface area contributed by atoms with Gasteiger partial charge in [-0.2, -0.15) is 13.2 Å². The lowest BCUT2D eigenvalue weighted by molar-refractivity contribution is -0.222. The number of benzene rings is 3. The summed E-state index contributed by atoms with van der Waals surface area (Å²) in [4.78, 5) is 44.8. The van der Waals surface area contributed by atoms with Crippen molar-refractivity contribution in [1.82, 2.24) is 14.9 Å². The zero-order chi connectivity index (χ0) is 26.4. The Morgan fingerprint density at radius 3 is 2.46 bits per heavy atom. The largest absolute Gasteiger partial charge is 0.491 e. The van der Waals surface area contributed by atoms with Gasteiger partial charge >= 0.3 is 18.2 Å². The molecule has 1 unspecified atom stereocenters. The van der Waals surface area contributed by atoms with Crippen LogP contribution in [-0.2, 0) is 21.8 Å². The molecule has 12 heteroatoms. The molecule has 2 amide bonds. The Morgan fingerprint density at radius 1 is 1.05 bits per heavy atom. The molecule has 3 N–H and O–H groups in total. The van der Waals surface area contributed by atoms with E-state index in [4.69, 9.17) is 9.84 Å². The Morgan fingerprint density at radius 2 is 1.76 bits per heavy atom. The number of hydrogen-bond acceptors (Lipinski definition) is 5. The maximum Gasteiger partial charge on any atom is 0.491 e. The number of halogens is 3. The number of nitrogens with zero attached hydrogens (tertiary/aromatic N) is 2. The van der Waals surface area contributed by atoms with Crippen LogP contribution in [0.2, 0.25) is 0 Å². The standard InChI is InChI=1S/C25H17F3N4O5/c26-25(27,28)21(34)37-24(15-10-11-18-19(12-15)30-22(29-18)31-23(35)36)17-9-5-4-8-16(17)20(33)32(24)13-14-6-2-1-3-7-14/h1-12H,13H2,(H,35,36)(H2,29,30,31). The van der Waals surface area contributed by atoms with Crippen LogP contribution in [0.4, 0.5) is 23.9 Å². The Balaban J connectivity index is 1.74. The molecule has 0 bridgehead atoms. The van der Waals surface area contributed by atoms with Crippen LogP contribution in [0.25, 0.3) is 11.0 Å². The van der Waals surface area contributed by atoms with E-state index in [1.54, 1.807) is 36.4 Å². The molecule has 1 aliphatic rings. The minimum absolute atomic E-state index is 0.0253. The summed E-state index contributed by atoms with van der Waals surface area (Å²) < 4.78 is 45.9. The van der Waals surface area contributed by atoms with Gasteiger partial charge in [-0.15, -0.1) is 0 Å². The average Bonchev–Trinajstić information content (AvgIpc) is 3.35. The number of ether oxygens (including phenoxy) is 1. The van der Waals surface area contributed by atoms with Crippen LogP contribution in [0, 0.1) is 0 Å². The quantitative estimate of drug-likeness (QED) is 0.337. The third kappa shape index (κ3) is 4.11. The van der Waals surface area contributed by atoms with E-state index in [-0.39, 0.29) is 40.2 Å². The fourth-order valence-corrected chi connectivity index (χ4v) is 4.40. The van der Waals surface area contributed by atoms with Crippen molar-refractivity contribution in [1.29, 1.82) is 0 Å². The van der Waals surface area contributed by atoms with Crippen LogP contribution in [0.3, 0.4) is 0 Å². The van der Waals surface area contributed by atoms with Crippen LogP contribution in [0.5, 0.6) is 0 Å². The third-order valence-electron chi connectivity index (χ3n) is 5.90. The number of fused-ring (bicyclic) bond motifs is 2. The van der Waals surface area contributed by atoms with Gasteiger partial charge in [0, 0.05) is 16.7 Å². The molecule has 0 radical (unpaired) electrons. The number of nitrogens with one attached hydrogen (secondary N) is 2. The maximum atomic E-state index is 13.6. The summed E-state index contributed by atoms with van der Waals surface area (Å²) in [5.74, 6) is -3.23. The van der Waals surface area contributed by atoms with Crippen molar-refractivity contribution in [3.8, 4) is 0 Å². The first kappa shape index (κ1) is 23.9. The number of amides is 2. The van der Waals surface area contributed by atoms with E-state index >= 15 is 0 Å². The van der Waals surface area contributed by atoms with Gasteiger partial charge in [0.15, 0.2) is 0 Å². The lowest BCUT2D eigenvalue weighted by Crippen LogP contribution is -2.49. The van der Waals surface area contributed by atoms with Crippen LogP contribution < -0.4 is 5.32 Å². The highest BCUT2D eigenvalue weighted by Crippen LogP contribution is 2.47. The average molecular weight is 510 g/mol. The number of hydrogen-bond donors (Lipinski definition) is 3. The Labute approximate surface area is 206 Å². The second-order valence-corrected chi connectivity index (χ2v) is 8.20. The fraction of sp³-hybridized carbons (Fsp3) is 0.120. The van der Waals surface area contributed by atoms with Crippen molar-refractivity contribution in [3.05, 3.63) is 95.1 Å². The minimum atomic E-state index is -5.34. The molecule has 188 valence electrons. The lowest BCUT2D eigenvalue weighted by atomic mass is 9.92. The number of carboxylic acid groups (broad SMARTS) is 1. The van der Waals surface area contributed by atoms with Gasteiger partial charge < -0.3 is 14.8 Å². The fourth-order valence-electron chi connectivity index (χ4n) is 4.40. The van der Waals surface area contributed by atoms with E-state index in [9.17, 15) is 27.6 Å². The second kappa shape index (κ2) is 8.66. The van der Waals surface area contributed by atoms with Crippen molar-refractivity contribution in [2.75, 3.05) is 5.32 Å².